The molecule has 1 amide bonds. The number of nitrogens with one attached hydrogen (secondary N) is 1. The summed E-state index contributed by atoms with van der Waals surface area (Å²) < 4.78 is 5.72. The highest BCUT2D eigenvalue weighted by Crippen LogP contribution is 2.27. The first-order valence-corrected chi connectivity index (χ1v) is 9.75. The van der Waals surface area contributed by atoms with Crippen LogP contribution in [0.5, 0.6) is 0 Å². The number of rotatable bonds is 5. The normalized spacial score (nSPS) is 14.7. The van der Waals surface area contributed by atoms with Crippen molar-refractivity contribution in [2.75, 3.05) is 13.1 Å². The summed E-state index contributed by atoms with van der Waals surface area (Å²) in [5, 5.41) is 4.45. The fraction of sp³-hybridized carbons (Fsp3) is 0.318. The first-order valence-electron chi connectivity index (χ1n) is 9.37. The fourth-order valence-corrected chi connectivity index (χ4v) is 3.81. The van der Waals surface area contributed by atoms with E-state index in [9.17, 15) is 4.79 Å². The molecule has 0 bridgehead atoms. The number of likely N-dealkylation sites (tertiary alicyclic amines) is 1. The van der Waals surface area contributed by atoms with Gasteiger partial charge in [0.1, 0.15) is 5.58 Å². The van der Waals surface area contributed by atoms with Crippen LogP contribution < -0.4 is 5.32 Å². The van der Waals surface area contributed by atoms with Gasteiger partial charge in [0.15, 0.2) is 5.76 Å². The third-order valence-corrected chi connectivity index (χ3v) is 5.42. The Bertz CT molecular complexity index is 956. The Kier molecular flexibility index (Phi) is 5.19. The molecule has 1 saturated heterocycles. The van der Waals surface area contributed by atoms with Crippen LogP contribution >= 0.6 is 11.6 Å². The molecule has 0 unspecified atom stereocenters. The van der Waals surface area contributed by atoms with Crippen molar-refractivity contribution < 1.29 is 9.21 Å². The molecule has 1 N–H and O–H groups in total. The van der Waals surface area contributed by atoms with E-state index >= 15 is 0 Å². The number of aryl methyl sites for hydroxylation is 1. The van der Waals surface area contributed by atoms with E-state index in [0.29, 0.717) is 22.9 Å². The lowest BCUT2D eigenvalue weighted by atomic mass is 10.1. The van der Waals surface area contributed by atoms with Crippen molar-refractivity contribution in [1.82, 2.24) is 10.2 Å². The van der Waals surface area contributed by atoms with Crippen LogP contribution in [0.25, 0.3) is 11.0 Å². The summed E-state index contributed by atoms with van der Waals surface area (Å²) in [5.41, 5.74) is 3.88. The Hall–Kier alpha value is -2.30. The molecule has 1 aromatic heterocycles. The van der Waals surface area contributed by atoms with Crippen LogP contribution in [0.15, 0.2) is 46.9 Å². The van der Waals surface area contributed by atoms with Gasteiger partial charge in [-0.2, -0.15) is 0 Å². The molecule has 0 atom stereocenters. The highest BCUT2D eigenvalue weighted by atomic mass is 35.5. The number of benzene rings is 2. The first kappa shape index (κ1) is 18.1. The van der Waals surface area contributed by atoms with E-state index < -0.39 is 0 Å². The lowest BCUT2D eigenvalue weighted by molar-refractivity contribution is 0.0924. The van der Waals surface area contributed by atoms with Gasteiger partial charge in [-0.3, -0.25) is 9.69 Å². The number of carbonyl (C=O) groups is 1. The molecule has 3 aromatic rings. The topological polar surface area (TPSA) is 45.5 Å². The summed E-state index contributed by atoms with van der Waals surface area (Å²) in [6.07, 6.45) is 2.61. The molecule has 2 heterocycles. The Balaban J connectivity index is 1.39. The van der Waals surface area contributed by atoms with Gasteiger partial charge in [-0.1, -0.05) is 35.9 Å². The van der Waals surface area contributed by atoms with Crippen LogP contribution in [0.4, 0.5) is 0 Å². The summed E-state index contributed by atoms with van der Waals surface area (Å²) in [6.45, 7) is 5.75. The Morgan fingerprint density at radius 2 is 1.81 bits per heavy atom. The maximum absolute atomic E-state index is 12.5. The van der Waals surface area contributed by atoms with Crippen molar-refractivity contribution in [1.29, 1.82) is 0 Å². The highest BCUT2D eigenvalue weighted by Gasteiger charge is 2.17. The van der Waals surface area contributed by atoms with E-state index in [0.717, 1.165) is 23.1 Å². The van der Waals surface area contributed by atoms with Gasteiger partial charge >= 0.3 is 0 Å². The summed E-state index contributed by atoms with van der Waals surface area (Å²) in [7, 11) is 0. The predicted octanol–water partition coefficient (Wildman–Crippen LogP) is 4.92. The van der Waals surface area contributed by atoms with Crippen LogP contribution in [0.2, 0.25) is 5.02 Å². The maximum Gasteiger partial charge on any atom is 0.287 e. The number of halogens is 1. The summed E-state index contributed by atoms with van der Waals surface area (Å²) in [6, 6.07) is 13.8. The van der Waals surface area contributed by atoms with Crippen LogP contribution in [-0.2, 0) is 13.1 Å². The minimum absolute atomic E-state index is 0.207. The zero-order chi connectivity index (χ0) is 18.8. The van der Waals surface area contributed by atoms with Crippen LogP contribution in [0.1, 0.15) is 40.1 Å². The smallest absolute Gasteiger partial charge is 0.287 e. The quantitative estimate of drug-likeness (QED) is 0.681. The fourth-order valence-electron chi connectivity index (χ4n) is 3.63. The Morgan fingerprint density at radius 3 is 2.56 bits per heavy atom. The molecule has 1 aliphatic heterocycles. The van der Waals surface area contributed by atoms with Crippen LogP contribution in [-0.4, -0.2) is 23.9 Å². The molecule has 1 aliphatic rings. The highest BCUT2D eigenvalue weighted by molar-refractivity contribution is 6.31. The molecule has 5 heteroatoms. The van der Waals surface area contributed by atoms with Crippen molar-refractivity contribution in [2.45, 2.75) is 32.9 Å². The molecule has 1 fully saturated rings. The van der Waals surface area contributed by atoms with Crippen LogP contribution in [0, 0.1) is 6.92 Å². The van der Waals surface area contributed by atoms with Gasteiger partial charge in [0.2, 0.25) is 0 Å². The number of fused-ring (bicyclic) bond motifs is 1. The second-order valence-electron chi connectivity index (χ2n) is 7.18. The molecule has 4 rings (SSSR count). The van der Waals surface area contributed by atoms with Gasteiger partial charge in [0.05, 0.1) is 0 Å². The molecule has 4 nitrogen and oxygen atoms in total. The maximum atomic E-state index is 12.5. The molecule has 0 aliphatic carbocycles. The van der Waals surface area contributed by atoms with E-state index in [1.807, 2.05) is 13.0 Å². The number of nitrogens with zero attached hydrogens (tertiary/aromatic N) is 1. The lowest BCUT2D eigenvalue weighted by Gasteiger charge is -2.14. The molecule has 140 valence electrons. The summed E-state index contributed by atoms with van der Waals surface area (Å²) >= 11 is 6.04. The van der Waals surface area contributed by atoms with Gasteiger partial charge in [-0.15, -0.1) is 0 Å². The number of hydrogen-bond donors (Lipinski definition) is 1. The number of carbonyl (C=O) groups excluding carboxylic acids is 1. The molecule has 0 saturated carbocycles. The minimum Gasteiger partial charge on any atom is -0.451 e. The van der Waals surface area contributed by atoms with E-state index in [2.05, 4.69) is 34.5 Å². The second kappa shape index (κ2) is 7.75. The predicted molar refractivity (Wildman–Crippen MR) is 108 cm³/mol. The molecule has 0 radical (unpaired) electrons. The van der Waals surface area contributed by atoms with Gasteiger partial charge < -0.3 is 9.73 Å². The third-order valence-electron chi connectivity index (χ3n) is 5.19. The zero-order valence-corrected chi connectivity index (χ0v) is 16.2. The van der Waals surface area contributed by atoms with Crippen molar-refractivity contribution in [3.63, 3.8) is 0 Å². The van der Waals surface area contributed by atoms with Crippen LogP contribution in [0.3, 0.4) is 0 Å². The van der Waals surface area contributed by atoms with Gasteiger partial charge in [-0.05, 0) is 62.2 Å². The van der Waals surface area contributed by atoms with Crippen molar-refractivity contribution in [2.24, 2.45) is 0 Å². The molecular weight excluding hydrogens is 360 g/mol. The Morgan fingerprint density at radius 1 is 1.11 bits per heavy atom. The zero-order valence-electron chi connectivity index (χ0n) is 15.4. The average Bonchev–Trinajstić information content (AvgIpc) is 3.29. The van der Waals surface area contributed by atoms with E-state index in [-0.39, 0.29) is 5.91 Å². The number of furan rings is 1. The van der Waals surface area contributed by atoms with Crippen molar-refractivity contribution in [3.8, 4) is 0 Å². The molecule has 0 spiro atoms. The second-order valence-corrected chi connectivity index (χ2v) is 7.62. The number of amides is 1. The summed E-state index contributed by atoms with van der Waals surface area (Å²) in [5.74, 6) is 0.138. The molecule has 2 aromatic carbocycles. The van der Waals surface area contributed by atoms with Crippen molar-refractivity contribution >= 4 is 28.5 Å². The average molecular weight is 383 g/mol. The Labute approximate surface area is 164 Å². The molecular formula is C22H23ClN2O2. The third kappa shape index (κ3) is 4.02. The van der Waals surface area contributed by atoms with Gasteiger partial charge in [-0.25, -0.2) is 0 Å². The van der Waals surface area contributed by atoms with Gasteiger partial charge in [0.25, 0.3) is 5.91 Å². The standard InChI is InChI=1S/C22H23ClN2O2/c1-15-19-12-18(23)8-9-20(19)27-21(15)22(26)24-13-16-4-6-17(7-5-16)14-25-10-2-3-11-25/h4-9,12H,2-3,10-11,13-14H2,1H3,(H,24,26). The lowest BCUT2D eigenvalue weighted by Crippen LogP contribution is -2.23. The summed E-state index contributed by atoms with van der Waals surface area (Å²) in [4.78, 5) is 15.0. The van der Waals surface area contributed by atoms with E-state index in [4.69, 9.17) is 16.0 Å². The van der Waals surface area contributed by atoms with Gasteiger partial charge in [0, 0.05) is 29.1 Å². The van der Waals surface area contributed by atoms with E-state index in [1.54, 1.807) is 12.1 Å². The van der Waals surface area contributed by atoms with Crippen molar-refractivity contribution in [3.05, 3.63) is 69.9 Å². The monoisotopic (exact) mass is 382 g/mol. The largest absolute Gasteiger partial charge is 0.451 e. The number of hydrogen-bond acceptors (Lipinski definition) is 3. The SMILES string of the molecule is Cc1c(C(=O)NCc2ccc(CN3CCCC3)cc2)oc2ccc(Cl)cc12. The first-order chi connectivity index (χ1) is 13.1. The van der Waals surface area contributed by atoms with E-state index in [1.165, 1.54) is 31.5 Å². The molecule has 27 heavy (non-hydrogen) atoms. The minimum atomic E-state index is -0.207.